The maximum atomic E-state index is 12.5. The van der Waals surface area contributed by atoms with E-state index in [0.29, 0.717) is 24.5 Å². The number of carbonyl (C=O) groups is 1. The summed E-state index contributed by atoms with van der Waals surface area (Å²) in [6.45, 7) is 0.974. The predicted octanol–water partition coefficient (Wildman–Crippen LogP) is 3.25. The first kappa shape index (κ1) is 18.9. The Morgan fingerprint density at radius 2 is 1.65 bits per heavy atom. The fraction of sp³-hybridized carbons (Fsp3) is 0.278. The van der Waals surface area contributed by atoms with Gasteiger partial charge in [-0.2, -0.15) is 4.31 Å². The average Bonchev–Trinajstić information content (AvgIpc) is 3.18. The molecule has 26 heavy (non-hydrogen) atoms. The molecule has 0 atom stereocenters. The lowest BCUT2D eigenvalue weighted by molar-refractivity contribution is -0.118. The van der Waals surface area contributed by atoms with Gasteiger partial charge in [-0.25, -0.2) is 8.42 Å². The normalized spacial score (nSPS) is 15.0. The van der Waals surface area contributed by atoms with E-state index < -0.39 is 10.0 Å². The Balaban J connectivity index is 1.55. The van der Waals surface area contributed by atoms with Crippen LogP contribution in [0.1, 0.15) is 12.8 Å². The number of halogens is 1. The Hall–Kier alpha value is -1.90. The molecule has 1 heterocycles. The zero-order valence-electron chi connectivity index (χ0n) is 14.0. The van der Waals surface area contributed by atoms with Gasteiger partial charge in [-0.3, -0.25) is 4.79 Å². The highest BCUT2D eigenvalue weighted by atomic mass is 79.9. The average molecular weight is 439 g/mol. The van der Waals surface area contributed by atoms with Crippen molar-refractivity contribution < 1.29 is 17.9 Å². The van der Waals surface area contributed by atoms with Gasteiger partial charge in [0.1, 0.15) is 5.75 Å². The van der Waals surface area contributed by atoms with Crippen LogP contribution in [-0.4, -0.2) is 38.3 Å². The van der Waals surface area contributed by atoms with E-state index in [1.807, 2.05) is 12.1 Å². The van der Waals surface area contributed by atoms with Gasteiger partial charge in [-0.05, 0) is 61.4 Å². The standard InChI is InChI=1S/C18H19BrN2O4S/c19-14-3-5-15(6-4-14)20-18(22)13-25-16-7-9-17(10-8-16)26(23,24)21-11-1-2-12-21/h3-10H,1-2,11-13H2,(H,20,22). The van der Waals surface area contributed by atoms with Crippen LogP contribution in [-0.2, 0) is 14.8 Å². The SMILES string of the molecule is O=C(COc1ccc(S(=O)(=O)N2CCCC2)cc1)Nc1ccc(Br)cc1. The van der Waals surface area contributed by atoms with Crippen molar-refractivity contribution in [2.75, 3.05) is 25.0 Å². The number of rotatable bonds is 6. The molecule has 1 fully saturated rings. The van der Waals surface area contributed by atoms with Crippen LogP contribution in [0.5, 0.6) is 5.75 Å². The summed E-state index contributed by atoms with van der Waals surface area (Å²) in [5.41, 5.74) is 0.675. The Morgan fingerprint density at radius 1 is 1.04 bits per heavy atom. The molecule has 0 unspecified atom stereocenters. The van der Waals surface area contributed by atoms with Crippen molar-refractivity contribution in [3.8, 4) is 5.75 Å². The molecule has 0 aliphatic carbocycles. The van der Waals surface area contributed by atoms with Gasteiger partial charge in [0.2, 0.25) is 10.0 Å². The van der Waals surface area contributed by atoms with Crippen LogP contribution in [0.3, 0.4) is 0 Å². The Morgan fingerprint density at radius 3 is 2.27 bits per heavy atom. The summed E-state index contributed by atoms with van der Waals surface area (Å²) >= 11 is 3.33. The van der Waals surface area contributed by atoms with Crippen molar-refractivity contribution in [2.24, 2.45) is 0 Å². The minimum Gasteiger partial charge on any atom is -0.484 e. The fourth-order valence-corrected chi connectivity index (χ4v) is 4.45. The summed E-state index contributed by atoms with van der Waals surface area (Å²) < 4.78 is 32.8. The molecule has 3 rings (SSSR count). The smallest absolute Gasteiger partial charge is 0.262 e. The molecule has 2 aromatic rings. The lowest BCUT2D eigenvalue weighted by Gasteiger charge is -2.15. The molecule has 1 aliphatic rings. The number of carbonyl (C=O) groups excluding carboxylic acids is 1. The van der Waals surface area contributed by atoms with E-state index in [-0.39, 0.29) is 17.4 Å². The van der Waals surface area contributed by atoms with Crippen LogP contribution < -0.4 is 10.1 Å². The Labute approximate surface area is 161 Å². The lowest BCUT2D eigenvalue weighted by atomic mass is 10.3. The summed E-state index contributed by atoms with van der Waals surface area (Å²) in [6, 6.07) is 13.4. The molecule has 6 nitrogen and oxygen atoms in total. The summed E-state index contributed by atoms with van der Waals surface area (Å²) in [6.07, 6.45) is 1.79. The zero-order valence-corrected chi connectivity index (χ0v) is 16.4. The van der Waals surface area contributed by atoms with E-state index in [2.05, 4.69) is 21.2 Å². The first-order chi connectivity index (χ1) is 12.4. The molecule has 0 spiro atoms. The molecular weight excluding hydrogens is 420 g/mol. The predicted molar refractivity (Wildman–Crippen MR) is 103 cm³/mol. The summed E-state index contributed by atoms with van der Waals surface area (Å²) in [7, 11) is -3.44. The number of benzene rings is 2. The van der Waals surface area contributed by atoms with Crippen LogP contribution in [0.4, 0.5) is 5.69 Å². The van der Waals surface area contributed by atoms with E-state index in [4.69, 9.17) is 4.74 Å². The van der Waals surface area contributed by atoms with Gasteiger partial charge in [0.05, 0.1) is 4.90 Å². The summed E-state index contributed by atoms with van der Waals surface area (Å²) in [5.74, 6) is 0.150. The Kier molecular flexibility index (Phi) is 5.95. The number of nitrogens with one attached hydrogen (secondary N) is 1. The third kappa shape index (κ3) is 4.63. The molecule has 1 aliphatic heterocycles. The first-order valence-electron chi connectivity index (χ1n) is 8.23. The van der Waals surface area contributed by atoms with Crippen LogP contribution in [0, 0.1) is 0 Å². The summed E-state index contributed by atoms with van der Waals surface area (Å²) in [5, 5.41) is 2.72. The number of hydrogen-bond acceptors (Lipinski definition) is 4. The van der Waals surface area contributed by atoms with Crippen molar-refractivity contribution in [1.82, 2.24) is 4.31 Å². The molecule has 138 valence electrons. The molecule has 0 bridgehead atoms. The quantitative estimate of drug-likeness (QED) is 0.750. The van der Waals surface area contributed by atoms with Crippen molar-refractivity contribution >= 4 is 37.5 Å². The molecular formula is C18H19BrN2O4S. The largest absolute Gasteiger partial charge is 0.484 e. The molecule has 1 saturated heterocycles. The molecule has 0 radical (unpaired) electrons. The fourth-order valence-electron chi connectivity index (χ4n) is 2.66. The van der Waals surface area contributed by atoms with E-state index in [1.165, 1.54) is 16.4 Å². The number of anilines is 1. The Bertz CT molecular complexity index is 861. The van der Waals surface area contributed by atoms with Crippen LogP contribution in [0.25, 0.3) is 0 Å². The molecule has 8 heteroatoms. The third-order valence-corrected chi connectivity index (χ3v) is 6.47. The van der Waals surface area contributed by atoms with E-state index in [9.17, 15) is 13.2 Å². The summed E-state index contributed by atoms with van der Waals surface area (Å²) in [4.78, 5) is 12.2. The highest BCUT2D eigenvalue weighted by Crippen LogP contribution is 2.23. The number of hydrogen-bond donors (Lipinski definition) is 1. The maximum absolute atomic E-state index is 12.5. The van der Waals surface area contributed by atoms with Crippen LogP contribution >= 0.6 is 15.9 Å². The second-order valence-corrected chi connectivity index (χ2v) is 8.78. The highest BCUT2D eigenvalue weighted by Gasteiger charge is 2.26. The van der Waals surface area contributed by atoms with Crippen molar-refractivity contribution in [1.29, 1.82) is 0 Å². The van der Waals surface area contributed by atoms with Crippen molar-refractivity contribution in [3.63, 3.8) is 0 Å². The van der Waals surface area contributed by atoms with Crippen LogP contribution in [0.15, 0.2) is 57.9 Å². The minimum absolute atomic E-state index is 0.158. The topological polar surface area (TPSA) is 75.7 Å². The van der Waals surface area contributed by atoms with Gasteiger partial charge >= 0.3 is 0 Å². The second-order valence-electron chi connectivity index (χ2n) is 5.93. The maximum Gasteiger partial charge on any atom is 0.262 e. The number of amides is 1. The number of ether oxygens (including phenoxy) is 1. The third-order valence-electron chi connectivity index (χ3n) is 4.02. The van der Waals surface area contributed by atoms with Gasteiger partial charge in [0, 0.05) is 23.2 Å². The van der Waals surface area contributed by atoms with Crippen LogP contribution in [0.2, 0.25) is 0 Å². The number of sulfonamides is 1. The van der Waals surface area contributed by atoms with E-state index in [1.54, 1.807) is 24.3 Å². The van der Waals surface area contributed by atoms with Gasteiger partial charge in [0.15, 0.2) is 6.61 Å². The monoisotopic (exact) mass is 438 g/mol. The molecule has 0 saturated carbocycles. The van der Waals surface area contributed by atoms with Crippen molar-refractivity contribution in [2.45, 2.75) is 17.7 Å². The van der Waals surface area contributed by atoms with E-state index in [0.717, 1.165) is 17.3 Å². The van der Waals surface area contributed by atoms with Gasteiger partial charge in [0.25, 0.3) is 5.91 Å². The highest BCUT2D eigenvalue weighted by molar-refractivity contribution is 9.10. The lowest BCUT2D eigenvalue weighted by Crippen LogP contribution is -2.27. The number of nitrogens with zero attached hydrogens (tertiary/aromatic N) is 1. The van der Waals surface area contributed by atoms with Gasteiger partial charge in [-0.15, -0.1) is 0 Å². The molecule has 1 amide bonds. The van der Waals surface area contributed by atoms with Gasteiger partial charge in [-0.1, -0.05) is 15.9 Å². The first-order valence-corrected chi connectivity index (χ1v) is 10.5. The zero-order chi connectivity index (χ0) is 18.6. The second kappa shape index (κ2) is 8.20. The van der Waals surface area contributed by atoms with E-state index >= 15 is 0 Å². The van der Waals surface area contributed by atoms with Crippen molar-refractivity contribution in [3.05, 3.63) is 53.0 Å². The molecule has 0 aromatic heterocycles. The minimum atomic E-state index is -3.44. The molecule has 1 N–H and O–H groups in total. The molecule has 2 aromatic carbocycles. The van der Waals surface area contributed by atoms with Gasteiger partial charge < -0.3 is 10.1 Å².